The number of nitrogens with one attached hydrogen (secondary N) is 1. The fraction of sp³-hybridized carbons (Fsp3) is 0.0909. The van der Waals surface area contributed by atoms with Gasteiger partial charge in [0.2, 0.25) is 0 Å². The topological polar surface area (TPSA) is 94.1 Å². The van der Waals surface area contributed by atoms with Crippen LogP contribution in [0.4, 0.5) is 0 Å². The van der Waals surface area contributed by atoms with E-state index in [2.05, 4.69) is 26.5 Å². The van der Waals surface area contributed by atoms with Crippen molar-refractivity contribution in [2.75, 3.05) is 6.61 Å². The quantitative estimate of drug-likeness (QED) is 0.164. The van der Waals surface area contributed by atoms with Crippen molar-refractivity contribution < 1.29 is 22.1 Å². The zero-order valence-electron chi connectivity index (χ0n) is 16.8. The zero-order valence-corrected chi connectivity index (χ0v) is 21.3. The molecule has 7 nitrogen and oxygen atoms in total. The van der Waals surface area contributed by atoms with E-state index in [1.807, 2.05) is 28.7 Å². The molecule has 0 spiro atoms. The summed E-state index contributed by atoms with van der Waals surface area (Å²) in [4.78, 5) is 12.3. The van der Waals surface area contributed by atoms with Gasteiger partial charge in [-0.15, -0.1) is 0 Å². The summed E-state index contributed by atoms with van der Waals surface area (Å²) in [5, 5.41) is 3.98. The molecular weight excluding hydrogens is 611 g/mol. The molecule has 32 heavy (non-hydrogen) atoms. The average Bonchev–Trinajstić information content (AvgIpc) is 2.77. The van der Waals surface area contributed by atoms with Crippen LogP contribution in [0.2, 0.25) is 0 Å². The summed E-state index contributed by atoms with van der Waals surface area (Å²) in [5.74, 6) is -0.0264. The molecule has 0 aliphatic carbocycles. The summed E-state index contributed by atoms with van der Waals surface area (Å²) >= 11 is 5.29. The van der Waals surface area contributed by atoms with Crippen LogP contribution in [-0.4, -0.2) is 27.1 Å². The minimum atomic E-state index is -4.03. The molecule has 1 amide bonds. The monoisotopic (exact) mass is 628 g/mol. The van der Waals surface area contributed by atoms with Crippen molar-refractivity contribution in [2.45, 2.75) is 11.8 Å². The van der Waals surface area contributed by atoms with Crippen molar-refractivity contribution in [3.63, 3.8) is 0 Å². The second-order valence-corrected chi connectivity index (χ2v) is 9.95. The number of carbonyl (C=O) groups excluding carboxylic acids is 1. The summed E-state index contributed by atoms with van der Waals surface area (Å²) in [5.41, 5.74) is 3.51. The van der Waals surface area contributed by atoms with Crippen LogP contribution in [0.1, 0.15) is 22.8 Å². The number of hydrogen-bond donors (Lipinski definition) is 1. The second kappa shape index (κ2) is 10.9. The highest BCUT2D eigenvalue weighted by molar-refractivity contribution is 14.1. The molecule has 0 radical (unpaired) electrons. The Morgan fingerprint density at radius 2 is 1.88 bits per heavy atom. The lowest BCUT2D eigenvalue weighted by atomic mass is 10.2. The molecule has 0 heterocycles. The molecule has 3 aromatic rings. The molecular formula is C22H18BrIN2O5S. The standard InChI is InChI=1S/C22H18BrIN2O5S/c1-2-30-20-12-15(14-25-26-22(27)16-7-6-8-17(23)13-16)11-19(24)21(20)31-32(28,29)18-9-4-3-5-10-18/h3-14H,2H2,1H3,(H,26,27)/b25-14-. The Kier molecular flexibility index (Phi) is 8.26. The molecule has 0 aromatic heterocycles. The second-order valence-electron chi connectivity index (χ2n) is 6.32. The van der Waals surface area contributed by atoms with Crippen LogP contribution in [-0.2, 0) is 10.1 Å². The van der Waals surface area contributed by atoms with E-state index in [0.717, 1.165) is 4.47 Å². The fourth-order valence-corrected chi connectivity index (χ4v) is 4.87. The molecule has 0 aliphatic heterocycles. The summed E-state index contributed by atoms with van der Waals surface area (Å²) < 4.78 is 37.6. The van der Waals surface area contributed by atoms with Gasteiger partial charge in [-0.3, -0.25) is 4.79 Å². The lowest BCUT2D eigenvalue weighted by molar-refractivity contribution is 0.0955. The van der Waals surface area contributed by atoms with E-state index in [9.17, 15) is 13.2 Å². The summed E-state index contributed by atoms with van der Waals surface area (Å²) in [6.45, 7) is 2.08. The van der Waals surface area contributed by atoms with Gasteiger partial charge in [0.1, 0.15) is 4.90 Å². The Labute approximate surface area is 208 Å². The first-order valence-corrected chi connectivity index (χ1v) is 12.6. The number of halogens is 2. The third kappa shape index (κ3) is 6.30. The number of rotatable bonds is 8. The Morgan fingerprint density at radius 3 is 2.56 bits per heavy atom. The average molecular weight is 629 g/mol. The summed E-state index contributed by atoms with van der Waals surface area (Å²) in [6.07, 6.45) is 1.44. The highest BCUT2D eigenvalue weighted by Gasteiger charge is 2.22. The lowest BCUT2D eigenvalue weighted by Gasteiger charge is -2.14. The number of nitrogens with zero attached hydrogens (tertiary/aromatic N) is 1. The minimum Gasteiger partial charge on any atom is -0.490 e. The molecule has 3 rings (SSSR count). The number of amides is 1. The molecule has 0 saturated carbocycles. The van der Waals surface area contributed by atoms with Gasteiger partial charge in [0.25, 0.3) is 5.91 Å². The van der Waals surface area contributed by atoms with Crippen LogP contribution in [0.3, 0.4) is 0 Å². The Hall–Kier alpha value is -2.44. The first-order chi connectivity index (χ1) is 15.3. The van der Waals surface area contributed by atoms with Crippen LogP contribution in [0, 0.1) is 3.57 Å². The van der Waals surface area contributed by atoms with Crippen LogP contribution in [0.5, 0.6) is 11.5 Å². The molecule has 0 bridgehead atoms. The van der Waals surface area contributed by atoms with Gasteiger partial charge in [0.05, 0.1) is 16.4 Å². The SMILES string of the molecule is CCOc1cc(/C=N\NC(=O)c2cccc(Br)c2)cc(I)c1OS(=O)(=O)c1ccccc1. The molecule has 0 aliphatic rings. The molecule has 0 fully saturated rings. The number of benzene rings is 3. The van der Waals surface area contributed by atoms with Gasteiger partial charge in [-0.2, -0.15) is 13.5 Å². The normalized spacial score (nSPS) is 11.3. The maximum atomic E-state index is 12.6. The van der Waals surface area contributed by atoms with E-state index in [0.29, 0.717) is 21.3 Å². The highest BCUT2D eigenvalue weighted by Crippen LogP contribution is 2.36. The van der Waals surface area contributed by atoms with E-state index >= 15 is 0 Å². The molecule has 166 valence electrons. The molecule has 10 heteroatoms. The first-order valence-electron chi connectivity index (χ1n) is 9.35. The van der Waals surface area contributed by atoms with Crippen molar-refractivity contribution in [1.82, 2.24) is 5.43 Å². The van der Waals surface area contributed by atoms with Crippen LogP contribution in [0.15, 0.2) is 81.2 Å². The van der Waals surface area contributed by atoms with Crippen molar-refractivity contribution in [3.05, 3.63) is 85.9 Å². The Morgan fingerprint density at radius 1 is 1.12 bits per heavy atom. The molecule has 0 atom stereocenters. The van der Waals surface area contributed by atoms with Crippen molar-refractivity contribution in [3.8, 4) is 11.5 Å². The van der Waals surface area contributed by atoms with E-state index < -0.39 is 10.1 Å². The molecule has 0 saturated heterocycles. The number of hydrogen-bond acceptors (Lipinski definition) is 6. The highest BCUT2D eigenvalue weighted by atomic mass is 127. The summed E-state index contributed by atoms with van der Waals surface area (Å²) in [7, 11) is -4.03. The van der Waals surface area contributed by atoms with Crippen LogP contribution in [0.25, 0.3) is 0 Å². The van der Waals surface area contributed by atoms with Crippen molar-refractivity contribution in [1.29, 1.82) is 0 Å². The van der Waals surface area contributed by atoms with Crippen molar-refractivity contribution >= 4 is 60.8 Å². The van der Waals surface area contributed by atoms with E-state index in [4.69, 9.17) is 8.92 Å². The third-order valence-electron chi connectivity index (χ3n) is 4.02. The van der Waals surface area contributed by atoms with E-state index in [1.165, 1.54) is 18.3 Å². The Bertz CT molecular complexity index is 1250. The Balaban J connectivity index is 1.82. The third-order valence-corrected chi connectivity index (χ3v) is 6.55. The predicted molar refractivity (Wildman–Crippen MR) is 134 cm³/mol. The predicted octanol–water partition coefficient (Wildman–Crippen LogP) is 4.98. The van der Waals surface area contributed by atoms with Gasteiger partial charge >= 0.3 is 10.1 Å². The van der Waals surface area contributed by atoms with Crippen molar-refractivity contribution in [2.24, 2.45) is 5.10 Å². The zero-order chi connectivity index (χ0) is 23.1. The van der Waals surface area contributed by atoms with Gasteiger partial charge < -0.3 is 8.92 Å². The van der Waals surface area contributed by atoms with Crippen LogP contribution >= 0.6 is 38.5 Å². The van der Waals surface area contributed by atoms with Gasteiger partial charge in [0, 0.05) is 10.0 Å². The maximum absolute atomic E-state index is 12.6. The lowest BCUT2D eigenvalue weighted by Crippen LogP contribution is -2.17. The van der Waals surface area contributed by atoms with Gasteiger partial charge in [-0.1, -0.05) is 40.2 Å². The van der Waals surface area contributed by atoms with Gasteiger partial charge in [-0.05, 0) is 77.5 Å². The smallest absolute Gasteiger partial charge is 0.339 e. The summed E-state index contributed by atoms with van der Waals surface area (Å²) in [6, 6.07) is 18.1. The number of carbonyl (C=O) groups is 1. The number of hydrazone groups is 1. The van der Waals surface area contributed by atoms with E-state index in [-0.39, 0.29) is 22.3 Å². The van der Waals surface area contributed by atoms with Crippen LogP contribution < -0.4 is 14.3 Å². The maximum Gasteiger partial charge on any atom is 0.339 e. The number of ether oxygens (including phenoxy) is 1. The molecule has 1 N–H and O–H groups in total. The van der Waals surface area contributed by atoms with Gasteiger partial charge in [-0.25, -0.2) is 5.43 Å². The molecule has 0 unspecified atom stereocenters. The largest absolute Gasteiger partial charge is 0.490 e. The minimum absolute atomic E-state index is 0.0409. The van der Waals surface area contributed by atoms with E-state index in [1.54, 1.807) is 55.5 Å². The molecule has 3 aromatic carbocycles. The van der Waals surface area contributed by atoms with Gasteiger partial charge in [0.15, 0.2) is 11.5 Å². The first kappa shape index (κ1) is 24.2. The fourth-order valence-electron chi connectivity index (χ4n) is 2.61.